The Hall–Kier alpha value is -4.36. The smallest absolute Gasteiger partial charge is 0.361 e. The van der Waals surface area contributed by atoms with E-state index in [-0.39, 0.29) is 12.1 Å². The van der Waals surface area contributed by atoms with E-state index in [1.54, 1.807) is 10.9 Å². The van der Waals surface area contributed by atoms with Crippen molar-refractivity contribution in [3.05, 3.63) is 49.1 Å². The summed E-state index contributed by atoms with van der Waals surface area (Å²) in [6, 6.07) is 3.40. The van der Waals surface area contributed by atoms with Gasteiger partial charge in [-0.05, 0) is 30.9 Å². The second-order valence-electron chi connectivity index (χ2n) is 13.3. The fourth-order valence-corrected chi connectivity index (χ4v) is 6.36. The van der Waals surface area contributed by atoms with Crippen LogP contribution in [0.3, 0.4) is 0 Å². The zero-order chi connectivity index (χ0) is 32.7. The highest BCUT2D eigenvalue weighted by Crippen LogP contribution is 2.40. The second kappa shape index (κ2) is 12.1. The molecule has 46 heavy (non-hydrogen) atoms. The summed E-state index contributed by atoms with van der Waals surface area (Å²) in [5.41, 5.74) is 1.41. The molecule has 4 aromatic rings. The molecule has 16 heteroatoms. The fourth-order valence-electron chi connectivity index (χ4n) is 5.61. The molecule has 0 aromatic carbocycles. The molecule has 1 amide bonds. The molecule has 4 aromatic heterocycles. The van der Waals surface area contributed by atoms with Gasteiger partial charge in [0.1, 0.15) is 41.8 Å². The van der Waals surface area contributed by atoms with E-state index >= 15 is 0 Å². The SMILES string of the molecule is C[Si](C)(C)CCOCn1ccc2c(-c3cnn(C4(CC#N)CN(c5cnc(C(=O)NC(C6CC6)C(F)(F)F)cn5)C4)c3)ncnc21. The zero-order valence-electron chi connectivity index (χ0n) is 25.8. The summed E-state index contributed by atoms with van der Waals surface area (Å²) >= 11 is 0. The lowest BCUT2D eigenvalue weighted by Gasteiger charge is -2.49. The van der Waals surface area contributed by atoms with E-state index in [0.717, 1.165) is 28.3 Å². The summed E-state index contributed by atoms with van der Waals surface area (Å²) in [6.45, 7) is 8.82. The summed E-state index contributed by atoms with van der Waals surface area (Å²) in [5.74, 6) is -1.07. The summed E-state index contributed by atoms with van der Waals surface area (Å²) in [5, 5.41) is 17.2. The highest BCUT2D eigenvalue weighted by molar-refractivity contribution is 6.76. The Morgan fingerprint density at radius 3 is 2.61 bits per heavy atom. The quantitative estimate of drug-likeness (QED) is 0.172. The fraction of sp³-hybridized carbons (Fsp3) is 0.500. The van der Waals surface area contributed by atoms with E-state index in [0.29, 0.717) is 45.1 Å². The van der Waals surface area contributed by atoms with Gasteiger partial charge < -0.3 is 19.5 Å². The molecule has 1 aliphatic heterocycles. The normalized spacial score (nSPS) is 17.0. The number of hydrogen-bond donors (Lipinski definition) is 1. The first-order chi connectivity index (χ1) is 21.9. The molecule has 1 unspecified atom stereocenters. The van der Waals surface area contributed by atoms with Gasteiger partial charge in [-0.15, -0.1) is 0 Å². The maximum atomic E-state index is 13.3. The standard InChI is InChI=1S/C30H35F3N10O2Si/c1-46(2,3)11-10-45-19-41-9-6-22-25(37-18-38-27(22)41)21-12-39-43(15-21)29(7-8-34)16-42(17-29)24-14-35-23(13-36-24)28(44)40-26(20-4-5-20)30(31,32)33/h6,9,12-15,18,20,26H,4-5,7,10-11,16-17,19H2,1-3H3,(H,40,44). The number of carbonyl (C=O) groups is 1. The van der Waals surface area contributed by atoms with Gasteiger partial charge >= 0.3 is 6.18 Å². The summed E-state index contributed by atoms with van der Waals surface area (Å²) in [7, 11) is -1.19. The van der Waals surface area contributed by atoms with Gasteiger partial charge in [0.2, 0.25) is 0 Å². The van der Waals surface area contributed by atoms with E-state index in [9.17, 15) is 23.2 Å². The number of nitriles is 1. The Labute approximate surface area is 264 Å². The Bertz CT molecular complexity index is 1750. The molecule has 1 saturated heterocycles. The molecule has 5 heterocycles. The number of fused-ring (bicyclic) bond motifs is 1. The minimum Gasteiger partial charge on any atom is -0.361 e. The Morgan fingerprint density at radius 1 is 1.17 bits per heavy atom. The first-order valence-electron chi connectivity index (χ1n) is 15.1. The van der Waals surface area contributed by atoms with E-state index in [2.05, 4.69) is 56.1 Å². The first kappa shape index (κ1) is 31.6. The van der Waals surface area contributed by atoms with Gasteiger partial charge in [0.15, 0.2) is 0 Å². The minimum absolute atomic E-state index is 0.183. The molecule has 1 atom stereocenters. The van der Waals surface area contributed by atoms with Crippen LogP contribution in [0.4, 0.5) is 19.0 Å². The molecular formula is C30H35F3N10O2Si. The third-order valence-electron chi connectivity index (χ3n) is 8.43. The number of rotatable bonds is 12. The van der Waals surface area contributed by atoms with Crippen molar-refractivity contribution in [1.82, 2.24) is 39.6 Å². The topological polar surface area (TPSA) is 140 Å². The second-order valence-corrected chi connectivity index (χ2v) is 18.9. The van der Waals surface area contributed by atoms with Crippen molar-refractivity contribution in [3.8, 4) is 17.3 Å². The van der Waals surface area contributed by atoms with Gasteiger partial charge in [0.25, 0.3) is 5.91 Å². The number of anilines is 1. The Balaban J connectivity index is 1.13. The van der Waals surface area contributed by atoms with Crippen LogP contribution < -0.4 is 10.2 Å². The monoisotopic (exact) mass is 652 g/mol. The largest absolute Gasteiger partial charge is 0.408 e. The molecule has 242 valence electrons. The Kier molecular flexibility index (Phi) is 8.32. The highest BCUT2D eigenvalue weighted by Gasteiger charge is 2.50. The number of nitrogens with zero attached hydrogens (tertiary/aromatic N) is 9. The van der Waals surface area contributed by atoms with Crippen LogP contribution in [0.2, 0.25) is 25.7 Å². The van der Waals surface area contributed by atoms with Crippen LogP contribution in [-0.2, 0) is 17.0 Å². The third-order valence-corrected chi connectivity index (χ3v) is 10.1. The summed E-state index contributed by atoms with van der Waals surface area (Å²) < 4.78 is 49.7. The summed E-state index contributed by atoms with van der Waals surface area (Å²) in [4.78, 5) is 31.7. The van der Waals surface area contributed by atoms with E-state index in [1.807, 2.05) is 27.9 Å². The van der Waals surface area contributed by atoms with Gasteiger partial charge in [-0.1, -0.05) is 19.6 Å². The van der Waals surface area contributed by atoms with Crippen molar-refractivity contribution < 1.29 is 22.7 Å². The molecule has 1 aliphatic carbocycles. The van der Waals surface area contributed by atoms with Crippen LogP contribution in [0.1, 0.15) is 29.8 Å². The zero-order valence-corrected chi connectivity index (χ0v) is 26.8. The van der Waals surface area contributed by atoms with Crippen LogP contribution in [0.5, 0.6) is 0 Å². The van der Waals surface area contributed by atoms with Gasteiger partial charge in [0, 0.05) is 51.1 Å². The predicted molar refractivity (Wildman–Crippen MR) is 165 cm³/mol. The minimum atomic E-state index is -4.52. The van der Waals surface area contributed by atoms with Gasteiger partial charge in [0.05, 0.1) is 36.8 Å². The van der Waals surface area contributed by atoms with Crippen molar-refractivity contribution in [1.29, 1.82) is 5.26 Å². The molecule has 2 aliphatic rings. The molecule has 1 N–H and O–H groups in total. The number of aromatic nitrogens is 7. The van der Waals surface area contributed by atoms with Crippen LogP contribution in [0.15, 0.2) is 43.4 Å². The van der Waals surface area contributed by atoms with Crippen LogP contribution in [0.25, 0.3) is 22.3 Å². The molecule has 0 radical (unpaired) electrons. The van der Waals surface area contributed by atoms with Crippen molar-refractivity contribution in [2.45, 2.75) is 69.4 Å². The predicted octanol–water partition coefficient (Wildman–Crippen LogP) is 4.60. The molecule has 12 nitrogen and oxygen atoms in total. The lowest BCUT2D eigenvalue weighted by molar-refractivity contribution is -0.158. The van der Waals surface area contributed by atoms with Crippen molar-refractivity contribution in [2.75, 3.05) is 24.6 Å². The Morgan fingerprint density at radius 2 is 1.96 bits per heavy atom. The van der Waals surface area contributed by atoms with E-state index in [1.165, 1.54) is 18.7 Å². The van der Waals surface area contributed by atoms with Crippen LogP contribution in [-0.4, -0.2) is 80.2 Å². The number of alkyl halides is 3. The number of ether oxygens (including phenoxy) is 1. The number of hydrogen-bond acceptors (Lipinski definition) is 9. The third kappa shape index (κ3) is 6.61. The number of amides is 1. The lowest BCUT2D eigenvalue weighted by Crippen LogP contribution is -2.63. The maximum Gasteiger partial charge on any atom is 0.408 e. The van der Waals surface area contributed by atoms with Gasteiger partial charge in [-0.2, -0.15) is 23.5 Å². The van der Waals surface area contributed by atoms with Gasteiger partial charge in [-0.3, -0.25) is 9.48 Å². The van der Waals surface area contributed by atoms with Crippen molar-refractivity contribution >= 4 is 30.8 Å². The molecule has 2 fully saturated rings. The van der Waals surface area contributed by atoms with Crippen LogP contribution in [0, 0.1) is 17.2 Å². The number of nitrogens with one attached hydrogen (secondary N) is 1. The summed E-state index contributed by atoms with van der Waals surface area (Å²) in [6.07, 6.45) is 6.08. The average molecular weight is 653 g/mol. The van der Waals surface area contributed by atoms with Crippen molar-refractivity contribution in [3.63, 3.8) is 0 Å². The molecule has 0 spiro atoms. The lowest BCUT2D eigenvalue weighted by atomic mass is 9.87. The van der Waals surface area contributed by atoms with Crippen molar-refractivity contribution in [2.24, 2.45) is 5.92 Å². The van der Waals surface area contributed by atoms with Crippen LogP contribution >= 0.6 is 0 Å². The highest BCUT2D eigenvalue weighted by atomic mass is 28.3. The number of carbonyl (C=O) groups excluding carboxylic acids is 1. The first-order valence-corrected chi connectivity index (χ1v) is 18.8. The average Bonchev–Trinajstić information content (AvgIpc) is 3.54. The van der Waals surface area contributed by atoms with Gasteiger partial charge in [-0.25, -0.2) is 19.9 Å². The van der Waals surface area contributed by atoms with E-state index < -0.39 is 37.7 Å². The molecule has 0 bridgehead atoms. The molecule has 1 saturated carbocycles. The number of halogens is 3. The van der Waals surface area contributed by atoms with E-state index in [4.69, 9.17) is 4.74 Å². The molecular weight excluding hydrogens is 617 g/mol. The maximum absolute atomic E-state index is 13.3. The molecule has 6 rings (SSSR count).